The van der Waals surface area contributed by atoms with Crippen LogP contribution in [0.25, 0.3) is 10.9 Å². The first-order chi connectivity index (χ1) is 8.59. The SMILES string of the molecule is CC(=CCn1cnc2ccccc2c1=O)C(=O)O. The van der Waals surface area contributed by atoms with Gasteiger partial charge < -0.3 is 5.11 Å². The fraction of sp³-hybridized carbons (Fsp3) is 0.154. The molecule has 0 amide bonds. The average Bonchev–Trinajstić information content (AvgIpc) is 2.38. The largest absolute Gasteiger partial charge is 0.478 e. The van der Waals surface area contributed by atoms with Crippen molar-refractivity contribution in [3.63, 3.8) is 0 Å². The van der Waals surface area contributed by atoms with E-state index in [0.717, 1.165) is 0 Å². The molecule has 0 aliphatic carbocycles. The second-order valence-electron chi connectivity index (χ2n) is 3.91. The Balaban J connectivity index is 2.42. The van der Waals surface area contributed by atoms with Gasteiger partial charge in [-0.15, -0.1) is 0 Å². The van der Waals surface area contributed by atoms with Crippen molar-refractivity contribution < 1.29 is 9.90 Å². The molecule has 0 unspecified atom stereocenters. The Bertz CT molecular complexity index is 686. The van der Waals surface area contributed by atoms with Crippen molar-refractivity contribution >= 4 is 16.9 Å². The molecule has 0 aliphatic rings. The highest BCUT2D eigenvalue weighted by Crippen LogP contribution is 2.04. The zero-order chi connectivity index (χ0) is 13.1. The average molecular weight is 244 g/mol. The van der Waals surface area contributed by atoms with Crippen LogP contribution in [0.4, 0.5) is 0 Å². The van der Waals surface area contributed by atoms with Gasteiger partial charge in [-0.25, -0.2) is 9.78 Å². The van der Waals surface area contributed by atoms with Crippen LogP contribution in [0.5, 0.6) is 0 Å². The summed E-state index contributed by atoms with van der Waals surface area (Å²) in [5.41, 5.74) is 0.669. The standard InChI is InChI=1S/C13H12N2O3/c1-9(13(17)18)6-7-15-8-14-11-5-3-2-4-10(11)12(15)16/h2-6,8H,7H2,1H3,(H,17,18). The lowest BCUT2D eigenvalue weighted by Crippen LogP contribution is -2.20. The van der Waals surface area contributed by atoms with Crippen LogP contribution in [0.15, 0.2) is 47.0 Å². The van der Waals surface area contributed by atoms with Gasteiger partial charge in [-0.3, -0.25) is 9.36 Å². The van der Waals surface area contributed by atoms with Crippen LogP contribution in [-0.4, -0.2) is 20.6 Å². The van der Waals surface area contributed by atoms with Gasteiger partial charge >= 0.3 is 5.97 Å². The molecule has 1 N–H and O–H groups in total. The zero-order valence-electron chi connectivity index (χ0n) is 9.83. The summed E-state index contributed by atoms with van der Waals surface area (Å²) in [6, 6.07) is 7.05. The quantitative estimate of drug-likeness (QED) is 0.829. The maximum atomic E-state index is 12.1. The fourth-order valence-corrected chi connectivity index (χ4v) is 1.56. The van der Waals surface area contributed by atoms with E-state index in [-0.39, 0.29) is 17.7 Å². The molecule has 0 aliphatic heterocycles. The molecule has 0 saturated heterocycles. The lowest BCUT2D eigenvalue weighted by atomic mass is 10.2. The highest BCUT2D eigenvalue weighted by atomic mass is 16.4. The van der Waals surface area contributed by atoms with Crippen molar-refractivity contribution in [2.75, 3.05) is 0 Å². The van der Waals surface area contributed by atoms with E-state index in [9.17, 15) is 9.59 Å². The molecule has 1 aromatic heterocycles. The molecule has 18 heavy (non-hydrogen) atoms. The summed E-state index contributed by atoms with van der Waals surface area (Å²) in [4.78, 5) is 26.9. The van der Waals surface area contributed by atoms with E-state index >= 15 is 0 Å². The van der Waals surface area contributed by atoms with Gasteiger partial charge in [0, 0.05) is 12.1 Å². The predicted octanol–water partition coefficient (Wildman–Crippen LogP) is 1.43. The van der Waals surface area contributed by atoms with Gasteiger partial charge in [0.25, 0.3) is 5.56 Å². The minimum Gasteiger partial charge on any atom is -0.478 e. The fourth-order valence-electron chi connectivity index (χ4n) is 1.56. The van der Waals surface area contributed by atoms with Gasteiger partial charge in [0.2, 0.25) is 0 Å². The summed E-state index contributed by atoms with van der Waals surface area (Å²) in [7, 11) is 0. The molecule has 0 radical (unpaired) electrons. The molecule has 2 rings (SSSR count). The van der Waals surface area contributed by atoms with Crippen molar-refractivity contribution in [3.8, 4) is 0 Å². The van der Waals surface area contributed by atoms with Gasteiger partial charge in [0.05, 0.1) is 17.2 Å². The molecule has 0 fully saturated rings. The summed E-state index contributed by atoms with van der Waals surface area (Å²) in [6.45, 7) is 1.69. The van der Waals surface area contributed by atoms with Crippen LogP contribution in [-0.2, 0) is 11.3 Å². The molecule has 1 aromatic carbocycles. The Kier molecular flexibility index (Phi) is 3.23. The Labute approximate surface area is 103 Å². The highest BCUT2D eigenvalue weighted by molar-refractivity contribution is 5.85. The Hall–Kier alpha value is -2.43. The smallest absolute Gasteiger partial charge is 0.331 e. The van der Waals surface area contributed by atoms with Crippen molar-refractivity contribution in [1.82, 2.24) is 9.55 Å². The molecular formula is C13H12N2O3. The Morgan fingerprint density at radius 1 is 1.44 bits per heavy atom. The van der Waals surface area contributed by atoms with Gasteiger partial charge in [0.15, 0.2) is 0 Å². The minimum absolute atomic E-state index is 0.171. The summed E-state index contributed by atoms with van der Waals surface area (Å²) >= 11 is 0. The first-order valence-electron chi connectivity index (χ1n) is 5.44. The van der Waals surface area contributed by atoms with Crippen molar-refractivity contribution in [3.05, 3.63) is 52.6 Å². The molecule has 0 spiro atoms. The number of aliphatic carboxylic acids is 1. The van der Waals surface area contributed by atoms with Crippen LogP contribution >= 0.6 is 0 Å². The molecule has 2 aromatic rings. The lowest BCUT2D eigenvalue weighted by molar-refractivity contribution is -0.132. The third kappa shape index (κ3) is 2.29. The highest BCUT2D eigenvalue weighted by Gasteiger charge is 2.03. The van der Waals surface area contributed by atoms with E-state index in [4.69, 9.17) is 5.11 Å². The van der Waals surface area contributed by atoms with Crippen molar-refractivity contribution in [2.24, 2.45) is 0 Å². The second-order valence-corrected chi connectivity index (χ2v) is 3.91. The van der Waals surface area contributed by atoms with Gasteiger partial charge in [-0.1, -0.05) is 18.2 Å². The van der Waals surface area contributed by atoms with Gasteiger partial charge in [-0.2, -0.15) is 0 Å². The molecule has 0 bridgehead atoms. The molecule has 0 saturated carbocycles. The third-order valence-corrected chi connectivity index (χ3v) is 2.66. The van der Waals surface area contributed by atoms with E-state index in [0.29, 0.717) is 10.9 Å². The topological polar surface area (TPSA) is 72.2 Å². The molecule has 0 atom stereocenters. The maximum Gasteiger partial charge on any atom is 0.331 e. The first kappa shape index (κ1) is 12.0. The second kappa shape index (κ2) is 4.83. The monoisotopic (exact) mass is 244 g/mol. The number of carboxylic acids is 1. The van der Waals surface area contributed by atoms with Crippen LogP contribution < -0.4 is 5.56 Å². The normalized spacial score (nSPS) is 11.7. The Morgan fingerprint density at radius 3 is 2.89 bits per heavy atom. The van der Waals surface area contributed by atoms with Gasteiger partial charge in [0.1, 0.15) is 0 Å². The first-order valence-corrected chi connectivity index (χ1v) is 5.44. The number of hydrogen-bond acceptors (Lipinski definition) is 3. The number of nitrogens with zero attached hydrogens (tertiary/aromatic N) is 2. The summed E-state index contributed by atoms with van der Waals surface area (Å²) in [5, 5.41) is 9.26. The lowest BCUT2D eigenvalue weighted by Gasteiger charge is -2.03. The number of benzene rings is 1. The van der Waals surface area contributed by atoms with E-state index < -0.39 is 5.97 Å². The number of carboxylic acid groups (broad SMARTS) is 1. The van der Waals surface area contributed by atoms with Crippen molar-refractivity contribution in [1.29, 1.82) is 0 Å². The molecule has 5 heteroatoms. The predicted molar refractivity (Wildman–Crippen MR) is 67.4 cm³/mol. The number of fused-ring (bicyclic) bond motifs is 1. The summed E-state index contributed by atoms with van der Waals surface area (Å²) in [5.74, 6) is -0.989. The number of carbonyl (C=O) groups is 1. The molecular weight excluding hydrogens is 232 g/mol. The third-order valence-electron chi connectivity index (χ3n) is 2.66. The van der Waals surface area contributed by atoms with Crippen molar-refractivity contribution in [2.45, 2.75) is 13.5 Å². The summed E-state index contributed by atoms with van der Waals surface area (Å²) < 4.78 is 1.38. The molecule has 5 nitrogen and oxygen atoms in total. The number of para-hydroxylation sites is 1. The van der Waals surface area contributed by atoms with Crippen LogP contribution in [0, 0.1) is 0 Å². The molecule has 92 valence electrons. The van der Waals surface area contributed by atoms with E-state index in [1.165, 1.54) is 23.9 Å². The summed E-state index contributed by atoms with van der Waals surface area (Å²) in [6.07, 6.45) is 2.91. The van der Waals surface area contributed by atoms with Crippen LogP contribution in [0.2, 0.25) is 0 Å². The maximum absolute atomic E-state index is 12.1. The van der Waals surface area contributed by atoms with Gasteiger partial charge in [-0.05, 0) is 19.1 Å². The van der Waals surface area contributed by atoms with E-state index in [1.807, 2.05) is 6.07 Å². The number of rotatable bonds is 3. The zero-order valence-corrected chi connectivity index (χ0v) is 9.83. The number of aromatic nitrogens is 2. The minimum atomic E-state index is -0.989. The van der Waals surface area contributed by atoms with E-state index in [1.54, 1.807) is 18.2 Å². The molecule has 1 heterocycles. The number of hydrogen-bond donors (Lipinski definition) is 1. The van der Waals surface area contributed by atoms with E-state index in [2.05, 4.69) is 4.98 Å². The van der Waals surface area contributed by atoms with Crippen LogP contribution in [0.1, 0.15) is 6.92 Å². The number of allylic oxidation sites excluding steroid dienone is 1. The Morgan fingerprint density at radius 2 is 2.17 bits per heavy atom. The van der Waals surface area contributed by atoms with Crippen LogP contribution in [0.3, 0.4) is 0 Å².